The second-order valence-corrected chi connectivity index (χ2v) is 8.50. The van der Waals surface area contributed by atoms with Crippen molar-refractivity contribution >= 4 is 40.0 Å². The summed E-state index contributed by atoms with van der Waals surface area (Å²) in [6.45, 7) is 4.28. The first-order chi connectivity index (χ1) is 12.5. The highest BCUT2D eigenvalue weighted by Gasteiger charge is 2.31. The van der Waals surface area contributed by atoms with Crippen molar-refractivity contribution in [2.75, 3.05) is 39.0 Å². The number of aliphatic imine (C=N–C) groups is 1. The molecule has 27 heavy (non-hydrogen) atoms. The van der Waals surface area contributed by atoms with Gasteiger partial charge in [-0.2, -0.15) is 4.31 Å². The molecule has 7 nitrogen and oxygen atoms in total. The van der Waals surface area contributed by atoms with E-state index in [0.717, 1.165) is 18.4 Å². The minimum absolute atomic E-state index is 0. The summed E-state index contributed by atoms with van der Waals surface area (Å²) < 4.78 is 25.3. The molecule has 2 atom stereocenters. The standard InChI is InChI=1S/C18H30N4O3S.HI/c1-3-19-18(20-12-16(14-23)15-8-5-4-6-9-15)21-13-17-10-7-11-22(17)26(2,24)25;/h4-6,8-9,16-17,23H,3,7,10-14H2,1-2H3,(H2,19,20,21);1H/t16?,17-;/m1./s1. The number of nitrogens with one attached hydrogen (secondary N) is 2. The van der Waals surface area contributed by atoms with Gasteiger partial charge < -0.3 is 15.7 Å². The van der Waals surface area contributed by atoms with E-state index in [1.54, 1.807) is 4.31 Å². The number of hydrogen-bond acceptors (Lipinski definition) is 4. The molecule has 0 saturated carbocycles. The topological polar surface area (TPSA) is 94.0 Å². The Hall–Kier alpha value is -0.910. The number of hydrogen-bond donors (Lipinski definition) is 3. The number of nitrogens with zero attached hydrogens (tertiary/aromatic N) is 2. The van der Waals surface area contributed by atoms with Crippen molar-refractivity contribution in [1.29, 1.82) is 0 Å². The molecule has 1 heterocycles. The van der Waals surface area contributed by atoms with E-state index in [0.29, 0.717) is 32.1 Å². The van der Waals surface area contributed by atoms with Crippen LogP contribution in [-0.2, 0) is 10.0 Å². The molecule has 1 fully saturated rings. The smallest absolute Gasteiger partial charge is 0.211 e. The second kappa shape index (κ2) is 11.8. The van der Waals surface area contributed by atoms with Gasteiger partial charge in [0.2, 0.25) is 10.0 Å². The molecule has 154 valence electrons. The minimum atomic E-state index is -3.18. The van der Waals surface area contributed by atoms with Crippen LogP contribution < -0.4 is 10.6 Å². The number of guanidine groups is 1. The Balaban J connectivity index is 0.00000364. The average Bonchev–Trinajstić information content (AvgIpc) is 3.10. The lowest BCUT2D eigenvalue weighted by molar-refractivity contribution is 0.268. The van der Waals surface area contributed by atoms with Crippen LogP contribution in [-0.4, -0.2) is 68.9 Å². The quantitative estimate of drug-likeness (QED) is 0.279. The maximum absolute atomic E-state index is 11.8. The van der Waals surface area contributed by atoms with Crippen LogP contribution in [0.4, 0.5) is 0 Å². The molecular formula is C18H31IN4O3S. The zero-order valence-electron chi connectivity index (χ0n) is 16.0. The normalized spacial score (nSPS) is 19.4. The predicted octanol–water partition coefficient (Wildman–Crippen LogP) is 1.36. The number of benzene rings is 1. The maximum atomic E-state index is 11.8. The molecule has 2 rings (SSSR count). The third-order valence-corrected chi connectivity index (χ3v) is 5.89. The van der Waals surface area contributed by atoms with Gasteiger partial charge in [0.15, 0.2) is 5.96 Å². The Labute approximate surface area is 179 Å². The highest BCUT2D eigenvalue weighted by Crippen LogP contribution is 2.19. The molecular weight excluding hydrogens is 479 g/mol. The van der Waals surface area contributed by atoms with E-state index in [-0.39, 0.29) is 42.5 Å². The van der Waals surface area contributed by atoms with Crippen molar-refractivity contribution in [3.05, 3.63) is 35.9 Å². The Morgan fingerprint density at radius 2 is 2.04 bits per heavy atom. The maximum Gasteiger partial charge on any atom is 0.211 e. The van der Waals surface area contributed by atoms with Gasteiger partial charge in [-0.05, 0) is 25.3 Å². The molecule has 0 bridgehead atoms. The van der Waals surface area contributed by atoms with Gasteiger partial charge >= 0.3 is 0 Å². The second-order valence-electron chi connectivity index (χ2n) is 6.56. The molecule has 1 aromatic carbocycles. The van der Waals surface area contributed by atoms with Crippen LogP contribution in [0.1, 0.15) is 31.2 Å². The number of sulfonamides is 1. The van der Waals surface area contributed by atoms with E-state index in [4.69, 9.17) is 0 Å². The van der Waals surface area contributed by atoms with Gasteiger partial charge in [-0.25, -0.2) is 8.42 Å². The monoisotopic (exact) mass is 510 g/mol. The summed E-state index contributed by atoms with van der Waals surface area (Å²) in [5.74, 6) is 0.577. The summed E-state index contributed by atoms with van der Waals surface area (Å²) in [5, 5.41) is 16.1. The molecule has 0 radical (unpaired) electrons. The van der Waals surface area contributed by atoms with Crippen LogP contribution >= 0.6 is 24.0 Å². The van der Waals surface area contributed by atoms with Crippen LogP contribution in [0.3, 0.4) is 0 Å². The Bertz CT molecular complexity index is 685. The fourth-order valence-corrected chi connectivity index (χ4v) is 4.38. The summed E-state index contributed by atoms with van der Waals surface area (Å²) in [6, 6.07) is 9.77. The van der Waals surface area contributed by atoms with Crippen LogP contribution in [0.15, 0.2) is 35.3 Å². The number of aliphatic hydroxyl groups excluding tert-OH is 1. The van der Waals surface area contributed by atoms with Gasteiger partial charge in [-0.15, -0.1) is 24.0 Å². The highest BCUT2D eigenvalue weighted by molar-refractivity contribution is 14.0. The summed E-state index contributed by atoms with van der Waals surface area (Å²) in [5.41, 5.74) is 1.05. The largest absolute Gasteiger partial charge is 0.396 e. The van der Waals surface area contributed by atoms with E-state index < -0.39 is 10.0 Å². The number of aliphatic hydroxyl groups is 1. The number of halogens is 1. The van der Waals surface area contributed by atoms with Gasteiger partial charge in [0.1, 0.15) is 0 Å². The van der Waals surface area contributed by atoms with E-state index in [9.17, 15) is 13.5 Å². The molecule has 0 aliphatic carbocycles. The third-order valence-electron chi connectivity index (χ3n) is 4.56. The minimum Gasteiger partial charge on any atom is -0.396 e. The fraction of sp³-hybridized carbons (Fsp3) is 0.611. The molecule has 0 spiro atoms. The zero-order chi connectivity index (χ0) is 19.0. The van der Waals surface area contributed by atoms with Crippen LogP contribution in [0.5, 0.6) is 0 Å². The van der Waals surface area contributed by atoms with E-state index in [2.05, 4.69) is 15.6 Å². The molecule has 0 aromatic heterocycles. The van der Waals surface area contributed by atoms with Gasteiger partial charge in [0, 0.05) is 31.6 Å². The third kappa shape index (κ3) is 7.55. The Morgan fingerprint density at radius 1 is 1.33 bits per heavy atom. The molecule has 1 aliphatic heterocycles. The van der Waals surface area contributed by atoms with Gasteiger partial charge in [0.05, 0.1) is 19.4 Å². The lowest BCUT2D eigenvalue weighted by atomic mass is 10.0. The predicted molar refractivity (Wildman–Crippen MR) is 120 cm³/mol. The lowest BCUT2D eigenvalue weighted by Gasteiger charge is -2.23. The summed E-state index contributed by atoms with van der Waals surface area (Å²) in [4.78, 5) is 4.58. The molecule has 0 amide bonds. The molecule has 9 heteroatoms. The van der Waals surface area contributed by atoms with Crippen molar-refractivity contribution in [3.8, 4) is 0 Å². The summed E-state index contributed by atoms with van der Waals surface area (Å²) >= 11 is 0. The first-order valence-corrected chi connectivity index (χ1v) is 10.9. The summed E-state index contributed by atoms with van der Waals surface area (Å²) in [6.07, 6.45) is 2.99. The van der Waals surface area contributed by atoms with Crippen molar-refractivity contribution < 1.29 is 13.5 Å². The van der Waals surface area contributed by atoms with Crippen molar-refractivity contribution in [2.24, 2.45) is 4.99 Å². The molecule has 1 saturated heterocycles. The van der Waals surface area contributed by atoms with Gasteiger partial charge in [-0.1, -0.05) is 30.3 Å². The number of rotatable bonds is 8. The van der Waals surface area contributed by atoms with Crippen molar-refractivity contribution in [3.63, 3.8) is 0 Å². The van der Waals surface area contributed by atoms with Crippen molar-refractivity contribution in [2.45, 2.75) is 31.7 Å². The van der Waals surface area contributed by atoms with Crippen molar-refractivity contribution in [1.82, 2.24) is 14.9 Å². The first kappa shape index (κ1) is 24.1. The Kier molecular flexibility index (Phi) is 10.6. The molecule has 1 aliphatic rings. The lowest BCUT2D eigenvalue weighted by Crippen LogP contribution is -2.46. The van der Waals surface area contributed by atoms with Crippen LogP contribution in [0.2, 0.25) is 0 Å². The fourth-order valence-electron chi connectivity index (χ4n) is 3.20. The average molecular weight is 510 g/mol. The van der Waals surface area contributed by atoms with E-state index >= 15 is 0 Å². The molecule has 1 unspecified atom stereocenters. The van der Waals surface area contributed by atoms with Gasteiger partial charge in [-0.3, -0.25) is 4.99 Å². The van der Waals surface area contributed by atoms with Crippen LogP contribution in [0.25, 0.3) is 0 Å². The molecule has 1 aromatic rings. The van der Waals surface area contributed by atoms with E-state index in [1.807, 2.05) is 37.3 Å². The SMILES string of the molecule is CCNC(=NCC(CO)c1ccccc1)NC[C@H]1CCCN1S(C)(=O)=O.I. The van der Waals surface area contributed by atoms with Gasteiger partial charge in [0.25, 0.3) is 0 Å². The van der Waals surface area contributed by atoms with Crippen LogP contribution in [0, 0.1) is 0 Å². The molecule has 3 N–H and O–H groups in total. The summed E-state index contributed by atoms with van der Waals surface area (Å²) in [7, 11) is -3.18. The van der Waals surface area contributed by atoms with E-state index in [1.165, 1.54) is 6.26 Å². The highest BCUT2D eigenvalue weighted by atomic mass is 127. The Morgan fingerprint density at radius 3 is 2.63 bits per heavy atom. The zero-order valence-corrected chi connectivity index (χ0v) is 19.1. The first-order valence-electron chi connectivity index (χ1n) is 9.10.